The summed E-state index contributed by atoms with van der Waals surface area (Å²) in [5.74, 6) is 1.55. The predicted octanol–water partition coefficient (Wildman–Crippen LogP) is 2.98. The molecule has 0 spiro atoms. The first-order chi connectivity index (χ1) is 12.1. The molecule has 2 aromatic rings. The molecule has 1 N–H and O–H groups in total. The maximum Gasteiger partial charge on any atom is 0.275 e. The van der Waals surface area contributed by atoms with Crippen LogP contribution in [0.1, 0.15) is 30.3 Å². The van der Waals surface area contributed by atoms with Gasteiger partial charge in [0, 0.05) is 19.7 Å². The molecule has 0 aliphatic heterocycles. The van der Waals surface area contributed by atoms with E-state index in [1.165, 1.54) is 13.3 Å². The molecule has 0 saturated heterocycles. The van der Waals surface area contributed by atoms with Gasteiger partial charge in [-0.25, -0.2) is 9.97 Å². The van der Waals surface area contributed by atoms with Gasteiger partial charge < -0.3 is 19.7 Å². The Kier molecular flexibility index (Phi) is 6.56. The molecule has 0 saturated carbocycles. The Bertz CT molecular complexity index is 704. The van der Waals surface area contributed by atoms with Crippen LogP contribution in [-0.4, -0.2) is 43.7 Å². The molecule has 25 heavy (non-hydrogen) atoms. The van der Waals surface area contributed by atoms with E-state index < -0.39 is 0 Å². The zero-order chi connectivity index (χ0) is 18.2. The topological polar surface area (TPSA) is 76.6 Å². The van der Waals surface area contributed by atoms with Crippen LogP contribution in [0.25, 0.3) is 0 Å². The van der Waals surface area contributed by atoms with Crippen molar-refractivity contribution in [2.45, 2.75) is 19.8 Å². The molecule has 0 bridgehead atoms. The molecular formula is C18H24N4O3. The molecule has 7 heteroatoms. The van der Waals surface area contributed by atoms with Crippen molar-refractivity contribution in [2.75, 3.05) is 38.0 Å². The predicted molar refractivity (Wildman–Crippen MR) is 97.7 cm³/mol. The van der Waals surface area contributed by atoms with Crippen molar-refractivity contribution in [3.63, 3.8) is 0 Å². The summed E-state index contributed by atoms with van der Waals surface area (Å²) in [7, 11) is 5.06. The third-order valence-corrected chi connectivity index (χ3v) is 3.77. The molecule has 0 aliphatic rings. The van der Waals surface area contributed by atoms with E-state index in [0.29, 0.717) is 17.2 Å². The number of unbranched alkanes of at least 4 members (excludes halogenated alkanes) is 1. The van der Waals surface area contributed by atoms with Crippen molar-refractivity contribution in [3.8, 4) is 11.5 Å². The molecule has 2 rings (SSSR count). The standard InChI is InChI=1S/C18H24N4O3/c1-5-6-9-22(2)17-12-19-15(11-20-17)18(23)21-14-8-7-13(24-3)10-16(14)25-4/h7-8,10-12H,5-6,9H2,1-4H3,(H,21,23). The summed E-state index contributed by atoms with van der Waals surface area (Å²) >= 11 is 0. The molecule has 0 fully saturated rings. The lowest BCUT2D eigenvalue weighted by molar-refractivity contribution is 0.102. The summed E-state index contributed by atoms with van der Waals surface area (Å²) < 4.78 is 10.4. The Labute approximate surface area is 148 Å². The highest BCUT2D eigenvalue weighted by Crippen LogP contribution is 2.29. The van der Waals surface area contributed by atoms with E-state index in [1.807, 2.05) is 11.9 Å². The zero-order valence-electron chi connectivity index (χ0n) is 15.1. The van der Waals surface area contributed by atoms with E-state index in [2.05, 4.69) is 22.2 Å². The minimum absolute atomic E-state index is 0.241. The van der Waals surface area contributed by atoms with Crippen molar-refractivity contribution in [1.82, 2.24) is 9.97 Å². The number of benzene rings is 1. The summed E-state index contributed by atoms with van der Waals surface area (Å²) in [4.78, 5) is 22.9. The third kappa shape index (κ3) is 4.82. The van der Waals surface area contributed by atoms with Crippen molar-refractivity contribution in [2.24, 2.45) is 0 Å². The average molecular weight is 344 g/mol. The second-order valence-corrected chi connectivity index (χ2v) is 5.56. The van der Waals surface area contributed by atoms with Gasteiger partial charge in [0.2, 0.25) is 0 Å². The van der Waals surface area contributed by atoms with Gasteiger partial charge in [0.05, 0.1) is 32.3 Å². The lowest BCUT2D eigenvalue weighted by atomic mass is 10.2. The summed E-state index contributed by atoms with van der Waals surface area (Å²) in [6, 6.07) is 5.17. The molecule has 7 nitrogen and oxygen atoms in total. The fourth-order valence-corrected chi connectivity index (χ4v) is 2.23. The van der Waals surface area contributed by atoms with Crippen LogP contribution in [-0.2, 0) is 0 Å². The number of anilines is 2. The van der Waals surface area contributed by atoms with Gasteiger partial charge in [-0.3, -0.25) is 4.79 Å². The first kappa shape index (κ1) is 18.5. The summed E-state index contributed by atoms with van der Waals surface area (Å²) in [6.07, 6.45) is 5.28. The highest BCUT2D eigenvalue weighted by atomic mass is 16.5. The van der Waals surface area contributed by atoms with Crippen LogP contribution in [0.2, 0.25) is 0 Å². The van der Waals surface area contributed by atoms with E-state index in [9.17, 15) is 4.79 Å². The third-order valence-electron chi connectivity index (χ3n) is 3.77. The van der Waals surface area contributed by atoms with E-state index in [-0.39, 0.29) is 11.6 Å². The Morgan fingerprint density at radius 1 is 1.20 bits per heavy atom. The molecule has 0 unspecified atom stereocenters. The second-order valence-electron chi connectivity index (χ2n) is 5.56. The lowest BCUT2D eigenvalue weighted by Gasteiger charge is -2.17. The smallest absolute Gasteiger partial charge is 0.275 e. The summed E-state index contributed by atoms with van der Waals surface area (Å²) in [6.45, 7) is 3.04. The Balaban J connectivity index is 2.08. The van der Waals surface area contributed by atoms with Crippen LogP contribution >= 0.6 is 0 Å². The van der Waals surface area contributed by atoms with Gasteiger partial charge in [-0.1, -0.05) is 13.3 Å². The highest BCUT2D eigenvalue weighted by molar-refractivity contribution is 6.03. The fraction of sp³-hybridized carbons (Fsp3) is 0.389. The van der Waals surface area contributed by atoms with Crippen molar-refractivity contribution >= 4 is 17.4 Å². The number of nitrogens with one attached hydrogen (secondary N) is 1. The summed E-state index contributed by atoms with van der Waals surface area (Å²) in [5, 5.41) is 2.78. The van der Waals surface area contributed by atoms with Crippen LogP contribution in [0, 0.1) is 0 Å². The minimum atomic E-state index is -0.348. The van der Waals surface area contributed by atoms with Gasteiger partial charge in [-0.2, -0.15) is 0 Å². The zero-order valence-corrected chi connectivity index (χ0v) is 15.1. The normalized spacial score (nSPS) is 10.2. The monoisotopic (exact) mass is 344 g/mol. The van der Waals surface area contributed by atoms with Crippen molar-refractivity contribution in [1.29, 1.82) is 0 Å². The molecule has 1 amide bonds. The van der Waals surface area contributed by atoms with Gasteiger partial charge in [0.15, 0.2) is 0 Å². The highest BCUT2D eigenvalue weighted by Gasteiger charge is 2.13. The number of carbonyl (C=O) groups excluding carboxylic acids is 1. The first-order valence-electron chi connectivity index (χ1n) is 8.15. The molecule has 1 aromatic heterocycles. The number of rotatable bonds is 8. The van der Waals surface area contributed by atoms with Crippen LogP contribution in [0.5, 0.6) is 11.5 Å². The summed E-state index contributed by atoms with van der Waals surface area (Å²) in [5.41, 5.74) is 0.782. The van der Waals surface area contributed by atoms with Gasteiger partial charge in [0.1, 0.15) is 23.0 Å². The molecule has 0 radical (unpaired) electrons. The van der Waals surface area contributed by atoms with Crippen LogP contribution < -0.4 is 19.7 Å². The van der Waals surface area contributed by atoms with E-state index in [1.54, 1.807) is 31.5 Å². The van der Waals surface area contributed by atoms with Crippen LogP contribution in [0.3, 0.4) is 0 Å². The quantitative estimate of drug-likeness (QED) is 0.793. The fourth-order valence-electron chi connectivity index (χ4n) is 2.23. The SMILES string of the molecule is CCCCN(C)c1cnc(C(=O)Nc2ccc(OC)cc2OC)cn1. The molecule has 1 aromatic carbocycles. The molecule has 0 atom stereocenters. The Morgan fingerprint density at radius 2 is 2.00 bits per heavy atom. The molecule has 134 valence electrons. The second kappa shape index (κ2) is 8.86. The van der Waals surface area contributed by atoms with Gasteiger partial charge in [-0.05, 0) is 18.6 Å². The largest absolute Gasteiger partial charge is 0.497 e. The number of methoxy groups -OCH3 is 2. The maximum absolute atomic E-state index is 12.4. The van der Waals surface area contributed by atoms with Crippen LogP contribution in [0.15, 0.2) is 30.6 Å². The number of amides is 1. The average Bonchev–Trinajstić information content (AvgIpc) is 2.66. The number of ether oxygens (including phenoxy) is 2. The van der Waals surface area contributed by atoms with Crippen molar-refractivity contribution < 1.29 is 14.3 Å². The lowest BCUT2D eigenvalue weighted by Crippen LogP contribution is -2.21. The number of hydrogen-bond donors (Lipinski definition) is 1. The van der Waals surface area contributed by atoms with Gasteiger partial charge >= 0.3 is 0 Å². The molecular weight excluding hydrogens is 320 g/mol. The molecule has 1 heterocycles. The van der Waals surface area contributed by atoms with E-state index in [4.69, 9.17) is 9.47 Å². The van der Waals surface area contributed by atoms with Gasteiger partial charge in [0.25, 0.3) is 5.91 Å². The maximum atomic E-state index is 12.4. The first-order valence-corrected chi connectivity index (χ1v) is 8.15. The number of aromatic nitrogens is 2. The van der Waals surface area contributed by atoms with E-state index >= 15 is 0 Å². The number of nitrogens with zero attached hydrogens (tertiary/aromatic N) is 3. The minimum Gasteiger partial charge on any atom is -0.497 e. The number of carbonyl (C=O) groups is 1. The van der Waals surface area contributed by atoms with E-state index in [0.717, 1.165) is 25.2 Å². The van der Waals surface area contributed by atoms with Crippen LogP contribution in [0.4, 0.5) is 11.5 Å². The van der Waals surface area contributed by atoms with Gasteiger partial charge in [-0.15, -0.1) is 0 Å². The Morgan fingerprint density at radius 3 is 2.60 bits per heavy atom. The number of hydrogen-bond acceptors (Lipinski definition) is 6. The Hall–Kier alpha value is -2.83. The van der Waals surface area contributed by atoms with Crippen molar-refractivity contribution in [3.05, 3.63) is 36.3 Å². The molecule has 0 aliphatic carbocycles.